The van der Waals surface area contributed by atoms with Gasteiger partial charge in [0.15, 0.2) is 0 Å². The van der Waals surface area contributed by atoms with Gasteiger partial charge in [0, 0.05) is 6.07 Å². The lowest BCUT2D eigenvalue weighted by Crippen LogP contribution is -2.00. The Balaban J connectivity index is 0.000000129. The highest BCUT2D eigenvalue weighted by Gasteiger charge is 2.06. The van der Waals surface area contributed by atoms with Crippen LogP contribution in [-0.2, 0) is 25.7 Å². The predicted octanol–water partition coefficient (Wildman–Crippen LogP) is 6.10. The topological polar surface area (TPSA) is 79.1 Å². The van der Waals surface area contributed by atoms with Gasteiger partial charge in [-0.25, -0.2) is 15.0 Å². The average molecular weight is 456 g/mol. The van der Waals surface area contributed by atoms with Crippen LogP contribution in [0.4, 0.5) is 0 Å². The first-order valence-corrected chi connectivity index (χ1v) is 11.9. The van der Waals surface area contributed by atoms with Gasteiger partial charge >= 0.3 is 0 Å². The van der Waals surface area contributed by atoms with Crippen molar-refractivity contribution in [3.8, 4) is 11.5 Å². The van der Waals surface area contributed by atoms with Crippen molar-refractivity contribution in [2.75, 3.05) is 0 Å². The van der Waals surface area contributed by atoms with Crippen molar-refractivity contribution in [2.45, 2.75) is 51.4 Å². The Hall–Kier alpha value is -3.73. The van der Waals surface area contributed by atoms with E-state index in [1.165, 1.54) is 88.5 Å². The Morgan fingerprint density at radius 3 is 1.00 bits per heavy atom. The molecule has 0 spiro atoms. The molecule has 0 aliphatic heterocycles. The zero-order valence-corrected chi connectivity index (χ0v) is 19.6. The molecule has 0 saturated carbocycles. The van der Waals surface area contributed by atoms with Gasteiger partial charge in [0.05, 0.1) is 0 Å². The Morgan fingerprint density at radius 1 is 0.441 bits per heavy atom. The standard InChI is InChI=1S/2C10H12.C6H6O2.C3H3N3/c2*1-2-6-10-8-4-3-7-9(10)5-1;7-5-2-1-3-6(8)4-5;1-4-2-6-3-5-1/h2*1-2,5-6H,3-4,7-8H2;1-4,7-8H;1-3H. The van der Waals surface area contributed by atoms with E-state index in [0.29, 0.717) is 0 Å². The van der Waals surface area contributed by atoms with Gasteiger partial charge < -0.3 is 10.2 Å². The first-order chi connectivity index (χ1) is 16.7. The van der Waals surface area contributed by atoms with Crippen LogP contribution in [-0.4, -0.2) is 25.2 Å². The third-order valence-electron chi connectivity index (χ3n) is 5.75. The summed E-state index contributed by atoms with van der Waals surface area (Å²) in [6.45, 7) is 0. The summed E-state index contributed by atoms with van der Waals surface area (Å²) < 4.78 is 0. The minimum atomic E-state index is 0.0880. The number of benzene rings is 3. The van der Waals surface area contributed by atoms with Crippen molar-refractivity contribution < 1.29 is 10.2 Å². The molecule has 176 valence electrons. The molecule has 3 aromatic carbocycles. The molecule has 0 atom stereocenters. The lowest BCUT2D eigenvalue weighted by molar-refractivity contribution is 0.450. The summed E-state index contributed by atoms with van der Waals surface area (Å²) in [6, 6.07) is 23.5. The lowest BCUT2D eigenvalue weighted by Gasteiger charge is -2.13. The Kier molecular flexibility index (Phi) is 10.6. The smallest absolute Gasteiger partial charge is 0.119 e. The third kappa shape index (κ3) is 9.02. The summed E-state index contributed by atoms with van der Waals surface area (Å²) >= 11 is 0. The van der Waals surface area contributed by atoms with Crippen LogP contribution < -0.4 is 0 Å². The van der Waals surface area contributed by atoms with Crippen molar-refractivity contribution in [2.24, 2.45) is 0 Å². The van der Waals surface area contributed by atoms with Gasteiger partial charge in [-0.05, 0) is 85.8 Å². The number of aromatic nitrogens is 3. The van der Waals surface area contributed by atoms with Crippen molar-refractivity contribution >= 4 is 0 Å². The highest BCUT2D eigenvalue weighted by Crippen LogP contribution is 2.20. The van der Waals surface area contributed by atoms with E-state index in [9.17, 15) is 0 Å². The highest BCUT2D eigenvalue weighted by atomic mass is 16.3. The van der Waals surface area contributed by atoms with Crippen LogP contribution in [0.15, 0.2) is 91.8 Å². The minimum absolute atomic E-state index is 0.0880. The number of rotatable bonds is 0. The fraction of sp³-hybridized carbons (Fsp3) is 0.276. The first-order valence-electron chi connectivity index (χ1n) is 11.9. The Morgan fingerprint density at radius 2 is 0.765 bits per heavy atom. The number of phenols is 2. The van der Waals surface area contributed by atoms with Crippen molar-refractivity contribution in [1.29, 1.82) is 0 Å². The molecule has 4 aromatic rings. The largest absolute Gasteiger partial charge is 0.508 e. The van der Waals surface area contributed by atoms with E-state index in [1.54, 1.807) is 28.3 Å². The summed E-state index contributed by atoms with van der Waals surface area (Å²) in [5, 5.41) is 17.3. The molecule has 1 aromatic heterocycles. The maximum Gasteiger partial charge on any atom is 0.119 e. The zero-order chi connectivity index (χ0) is 23.8. The average Bonchev–Trinajstić information content (AvgIpc) is 2.91. The van der Waals surface area contributed by atoms with E-state index >= 15 is 0 Å². The minimum Gasteiger partial charge on any atom is -0.508 e. The van der Waals surface area contributed by atoms with Crippen LogP contribution in [0.3, 0.4) is 0 Å². The van der Waals surface area contributed by atoms with Gasteiger partial charge in [-0.3, -0.25) is 0 Å². The van der Waals surface area contributed by atoms with E-state index in [2.05, 4.69) is 63.5 Å². The van der Waals surface area contributed by atoms with Gasteiger partial charge in [0.2, 0.25) is 0 Å². The van der Waals surface area contributed by atoms with Crippen molar-refractivity contribution in [1.82, 2.24) is 15.0 Å². The molecule has 34 heavy (non-hydrogen) atoms. The molecule has 0 saturated heterocycles. The number of aromatic hydroxyl groups is 2. The molecule has 2 aliphatic rings. The molecular formula is C29H33N3O2. The second kappa shape index (κ2) is 14.4. The van der Waals surface area contributed by atoms with Crippen LogP contribution in [0.25, 0.3) is 0 Å². The van der Waals surface area contributed by atoms with Gasteiger partial charge in [-0.1, -0.05) is 54.6 Å². The van der Waals surface area contributed by atoms with E-state index < -0.39 is 0 Å². The van der Waals surface area contributed by atoms with Crippen molar-refractivity contribution in [3.05, 3.63) is 114 Å². The van der Waals surface area contributed by atoms with Crippen molar-refractivity contribution in [3.63, 3.8) is 0 Å². The van der Waals surface area contributed by atoms with E-state index in [1.807, 2.05) is 0 Å². The predicted molar refractivity (Wildman–Crippen MR) is 136 cm³/mol. The number of nitrogens with zero attached hydrogens (tertiary/aromatic N) is 3. The fourth-order valence-corrected chi connectivity index (χ4v) is 4.05. The molecule has 1 heterocycles. The van der Waals surface area contributed by atoms with Gasteiger partial charge in [0.25, 0.3) is 0 Å². The van der Waals surface area contributed by atoms with E-state index in [4.69, 9.17) is 10.2 Å². The number of aryl methyl sites for hydroxylation is 4. The first kappa shape index (κ1) is 24.9. The quantitative estimate of drug-likeness (QED) is 0.335. The fourth-order valence-electron chi connectivity index (χ4n) is 4.05. The van der Waals surface area contributed by atoms with E-state index in [0.717, 1.165) is 0 Å². The molecule has 5 nitrogen and oxygen atoms in total. The molecule has 0 fully saturated rings. The second-order valence-electron chi connectivity index (χ2n) is 8.27. The maximum atomic E-state index is 8.65. The maximum absolute atomic E-state index is 8.65. The molecule has 0 unspecified atom stereocenters. The summed E-state index contributed by atoms with van der Waals surface area (Å²) in [5.41, 5.74) is 6.31. The molecule has 2 aliphatic carbocycles. The molecule has 6 rings (SSSR count). The third-order valence-corrected chi connectivity index (χ3v) is 5.75. The lowest BCUT2D eigenvalue weighted by atomic mass is 9.92. The summed E-state index contributed by atoms with van der Waals surface area (Å²) in [7, 11) is 0. The molecule has 2 N–H and O–H groups in total. The van der Waals surface area contributed by atoms with Crippen LogP contribution >= 0.6 is 0 Å². The molecular weight excluding hydrogens is 422 g/mol. The second-order valence-corrected chi connectivity index (χ2v) is 8.27. The van der Waals surface area contributed by atoms with E-state index in [-0.39, 0.29) is 11.5 Å². The highest BCUT2D eigenvalue weighted by molar-refractivity contribution is 5.30. The summed E-state index contributed by atoms with van der Waals surface area (Å²) in [6.07, 6.45) is 15.1. The number of hydrogen-bond donors (Lipinski definition) is 2. The van der Waals surface area contributed by atoms with Crippen LogP contribution in [0, 0.1) is 0 Å². The SMILES string of the molecule is Oc1cccc(O)c1.c1ccc2c(c1)CCCC2.c1ccc2c(c1)CCCC2.c1ncncn1. The molecule has 0 bridgehead atoms. The zero-order valence-electron chi connectivity index (χ0n) is 19.6. The van der Waals surface area contributed by atoms with Crippen LogP contribution in [0.1, 0.15) is 47.9 Å². The number of fused-ring (bicyclic) bond motifs is 2. The number of hydrogen-bond acceptors (Lipinski definition) is 5. The van der Waals surface area contributed by atoms with Gasteiger partial charge in [-0.15, -0.1) is 0 Å². The van der Waals surface area contributed by atoms with Crippen LogP contribution in [0.2, 0.25) is 0 Å². The van der Waals surface area contributed by atoms with Crippen LogP contribution in [0.5, 0.6) is 11.5 Å². The monoisotopic (exact) mass is 455 g/mol. The van der Waals surface area contributed by atoms with Gasteiger partial charge in [0.1, 0.15) is 30.5 Å². The summed E-state index contributed by atoms with van der Waals surface area (Å²) in [4.78, 5) is 10.7. The molecule has 5 heteroatoms. The Labute approximate surface area is 202 Å². The number of phenolic OH excluding ortho intramolecular Hbond substituents is 2. The summed E-state index contributed by atoms with van der Waals surface area (Å²) in [5.74, 6) is 0.176. The molecule has 0 amide bonds. The Bertz CT molecular complexity index is 958. The normalized spacial score (nSPS) is 13.2. The van der Waals surface area contributed by atoms with Gasteiger partial charge in [-0.2, -0.15) is 0 Å². The molecule has 0 radical (unpaired) electrons.